The van der Waals surface area contributed by atoms with Crippen molar-refractivity contribution in [2.75, 3.05) is 14.2 Å². The average molecular weight is 467 g/mol. The van der Waals surface area contributed by atoms with E-state index in [1.165, 1.54) is 23.1 Å². The zero-order valence-corrected chi connectivity index (χ0v) is 21.4. The third-order valence-electron chi connectivity index (χ3n) is 7.19. The number of aromatic hydroxyl groups is 1. The van der Waals surface area contributed by atoms with E-state index in [1.54, 1.807) is 14.2 Å². The summed E-state index contributed by atoms with van der Waals surface area (Å²) >= 11 is 5.13. The van der Waals surface area contributed by atoms with Crippen LogP contribution in [-0.2, 0) is 17.3 Å². The minimum atomic E-state index is 0.0604. The lowest BCUT2D eigenvalue weighted by Gasteiger charge is -2.42. The Hall–Kier alpha value is -2.73. The number of aromatic nitrogens is 2. The van der Waals surface area contributed by atoms with E-state index < -0.39 is 0 Å². The minimum absolute atomic E-state index is 0.0604. The lowest BCUT2D eigenvalue weighted by molar-refractivity contribution is 0.332. The van der Waals surface area contributed by atoms with E-state index in [4.69, 9.17) is 21.7 Å². The topological polar surface area (TPSA) is 70.3 Å². The Bertz CT molecular complexity index is 1270. The molecule has 0 amide bonds. The SMILES string of the molecule is COc1cc(Cc2[nH]c(=S)[nH]c2O)cc(-c2cc3c(cc2C)C(C)(C)CCC3(C)C)c1OC. The van der Waals surface area contributed by atoms with Crippen LogP contribution >= 0.6 is 12.2 Å². The second-order valence-electron chi connectivity index (χ2n) is 10.4. The number of methoxy groups -OCH3 is 2. The second-order valence-corrected chi connectivity index (χ2v) is 10.9. The molecule has 0 saturated heterocycles. The molecule has 0 radical (unpaired) electrons. The number of rotatable bonds is 5. The van der Waals surface area contributed by atoms with E-state index in [0.717, 1.165) is 23.1 Å². The minimum Gasteiger partial charge on any atom is -0.493 e. The first-order valence-electron chi connectivity index (χ1n) is 11.4. The number of hydrogen-bond acceptors (Lipinski definition) is 4. The van der Waals surface area contributed by atoms with Gasteiger partial charge in [-0.2, -0.15) is 0 Å². The van der Waals surface area contributed by atoms with Crippen molar-refractivity contribution >= 4 is 12.2 Å². The van der Waals surface area contributed by atoms with Gasteiger partial charge in [-0.1, -0.05) is 33.8 Å². The van der Waals surface area contributed by atoms with Crippen LogP contribution in [0.3, 0.4) is 0 Å². The maximum Gasteiger partial charge on any atom is 0.210 e. The zero-order valence-electron chi connectivity index (χ0n) is 20.6. The van der Waals surface area contributed by atoms with Gasteiger partial charge in [-0.05, 0) is 88.8 Å². The van der Waals surface area contributed by atoms with Crippen LogP contribution in [0.15, 0.2) is 24.3 Å². The van der Waals surface area contributed by atoms with E-state index in [2.05, 4.69) is 62.8 Å². The number of aryl methyl sites for hydroxylation is 1. The molecular formula is C27H34N2O3S. The van der Waals surface area contributed by atoms with Gasteiger partial charge in [0.1, 0.15) is 0 Å². The lowest BCUT2D eigenvalue weighted by atomic mass is 9.62. The molecule has 5 nitrogen and oxygen atoms in total. The Kier molecular flexibility index (Phi) is 5.85. The van der Waals surface area contributed by atoms with Gasteiger partial charge >= 0.3 is 0 Å². The highest BCUT2D eigenvalue weighted by Crippen LogP contribution is 2.49. The Balaban J connectivity index is 1.93. The van der Waals surface area contributed by atoms with Gasteiger partial charge in [-0.15, -0.1) is 0 Å². The molecule has 0 aliphatic heterocycles. The summed E-state index contributed by atoms with van der Waals surface area (Å²) in [5.41, 5.74) is 8.06. The van der Waals surface area contributed by atoms with Gasteiger partial charge in [-0.3, -0.25) is 0 Å². The highest BCUT2D eigenvalue weighted by molar-refractivity contribution is 7.71. The van der Waals surface area contributed by atoms with Crippen molar-refractivity contribution in [3.8, 4) is 28.5 Å². The third kappa shape index (κ3) is 4.17. The molecule has 1 aliphatic carbocycles. The number of H-pyrrole nitrogens is 2. The molecule has 176 valence electrons. The first-order chi connectivity index (χ1) is 15.5. The quantitative estimate of drug-likeness (QED) is 0.366. The summed E-state index contributed by atoms with van der Waals surface area (Å²) < 4.78 is 12.0. The van der Waals surface area contributed by atoms with Crippen molar-refractivity contribution in [2.24, 2.45) is 0 Å². The standard InChI is InChI=1S/C27H34N2O3S/c1-15-10-19-20(27(4,5)9-8-26(19,2)3)14-17(15)18-11-16(13-22(31-6)23(18)32-7)12-21-24(30)29-25(33)28-21/h10-11,13-14,30H,8-9,12H2,1-7H3,(H2,28,29,33). The molecular weight excluding hydrogens is 432 g/mol. The van der Waals surface area contributed by atoms with Crippen LogP contribution in [0.2, 0.25) is 0 Å². The van der Waals surface area contributed by atoms with Crippen molar-refractivity contribution < 1.29 is 14.6 Å². The van der Waals surface area contributed by atoms with E-state index in [1.807, 2.05) is 6.07 Å². The highest BCUT2D eigenvalue weighted by Gasteiger charge is 2.37. The zero-order chi connectivity index (χ0) is 24.1. The summed E-state index contributed by atoms with van der Waals surface area (Å²) in [4.78, 5) is 5.77. The number of ether oxygens (including phenoxy) is 2. The molecule has 0 bridgehead atoms. The van der Waals surface area contributed by atoms with Crippen molar-refractivity contribution in [1.82, 2.24) is 9.97 Å². The summed E-state index contributed by atoms with van der Waals surface area (Å²) in [7, 11) is 3.33. The van der Waals surface area contributed by atoms with Crippen molar-refractivity contribution in [1.29, 1.82) is 0 Å². The average Bonchev–Trinajstić information content (AvgIpc) is 3.07. The summed E-state index contributed by atoms with van der Waals surface area (Å²) in [6, 6.07) is 8.79. The van der Waals surface area contributed by atoms with Crippen molar-refractivity contribution in [3.05, 3.63) is 57.0 Å². The molecule has 1 aliphatic rings. The number of benzene rings is 2. The summed E-state index contributed by atoms with van der Waals surface area (Å²) in [5.74, 6) is 1.43. The van der Waals surface area contributed by atoms with E-state index in [-0.39, 0.29) is 16.7 Å². The molecule has 2 aromatic carbocycles. The van der Waals surface area contributed by atoms with Crippen LogP contribution < -0.4 is 9.47 Å². The Morgan fingerprint density at radius 1 is 0.909 bits per heavy atom. The number of imidazole rings is 1. The molecule has 4 rings (SSSR count). The molecule has 0 saturated carbocycles. The Morgan fingerprint density at radius 2 is 1.55 bits per heavy atom. The number of nitrogens with one attached hydrogen (secondary N) is 2. The number of fused-ring (bicyclic) bond motifs is 1. The van der Waals surface area contributed by atoms with Gasteiger partial charge in [0.25, 0.3) is 0 Å². The molecule has 1 aromatic heterocycles. The molecule has 3 N–H and O–H groups in total. The van der Waals surface area contributed by atoms with Crippen LogP contribution in [0.25, 0.3) is 11.1 Å². The summed E-state index contributed by atoms with van der Waals surface area (Å²) in [6.45, 7) is 11.5. The largest absolute Gasteiger partial charge is 0.493 e. The van der Waals surface area contributed by atoms with Crippen LogP contribution in [0.5, 0.6) is 17.4 Å². The molecule has 1 heterocycles. The highest BCUT2D eigenvalue weighted by atomic mass is 32.1. The molecule has 0 unspecified atom stereocenters. The van der Waals surface area contributed by atoms with Gasteiger partial charge < -0.3 is 24.5 Å². The van der Waals surface area contributed by atoms with E-state index >= 15 is 0 Å². The van der Waals surface area contributed by atoms with E-state index in [9.17, 15) is 5.11 Å². The maximum absolute atomic E-state index is 10.2. The summed E-state index contributed by atoms with van der Waals surface area (Å²) in [6.07, 6.45) is 2.82. The summed E-state index contributed by atoms with van der Waals surface area (Å²) in [5, 5.41) is 10.2. The molecule has 6 heteroatoms. The molecule has 0 spiro atoms. The molecule has 33 heavy (non-hydrogen) atoms. The van der Waals surface area contributed by atoms with Crippen LogP contribution in [0, 0.1) is 11.7 Å². The van der Waals surface area contributed by atoms with Gasteiger partial charge in [-0.25, -0.2) is 0 Å². The van der Waals surface area contributed by atoms with Crippen molar-refractivity contribution in [3.63, 3.8) is 0 Å². The monoisotopic (exact) mass is 466 g/mol. The van der Waals surface area contributed by atoms with Gasteiger partial charge in [0.2, 0.25) is 5.88 Å². The normalized spacial score (nSPS) is 16.3. The Morgan fingerprint density at radius 3 is 2.09 bits per heavy atom. The van der Waals surface area contributed by atoms with Gasteiger partial charge in [0.15, 0.2) is 16.3 Å². The first kappa shape index (κ1) is 23.4. The second kappa shape index (κ2) is 8.24. The lowest BCUT2D eigenvalue weighted by Crippen LogP contribution is -2.34. The fraction of sp³-hybridized carbons (Fsp3) is 0.444. The van der Waals surface area contributed by atoms with Gasteiger partial charge in [0, 0.05) is 12.0 Å². The third-order valence-corrected chi connectivity index (χ3v) is 7.39. The number of hydrogen-bond donors (Lipinski definition) is 3. The maximum atomic E-state index is 10.2. The predicted molar refractivity (Wildman–Crippen MR) is 135 cm³/mol. The van der Waals surface area contributed by atoms with Gasteiger partial charge in [0.05, 0.1) is 19.9 Å². The van der Waals surface area contributed by atoms with Crippen LogP contribution in [-0.4, -0.2) is 29.3 Å². The van der Waals surface area contributed by atoms with Crippen LogP contribution in [0.1, 0.15) is 68.5 Å². The molecule has 3 aromatic rings. The molecule has 0 atom stereocenters. The van der Waals surface area contributed by atoms with Crippen molar-refractivity contribution in [2.45, 2.75) is 64.7 Å². The fourth-order valence-electron chi connectivity index (χ4n) is 5.08. The smallest absolute Gasteiger partial charge is 0.210 e. The number of aromatic amines is 2. The Labute approximate surface area is 201 Å². The fourth-order valence-corrected chi connectivity index (χ4v) is 5.30. The van der Waals surface area contributed by atoms with Crippen LogP contribution in [0.4, 0.5) is 0 Å². The molecule has 0 fully saturated rings. The first-order valence-corrected chi connectivity index (χ1v) is 11.8. The van der Waals surface area contributed by atoms with E-state index in [0.29, 0.717) is 28.4 Å². The predicted octanol–water partition coefficient (Wildman–Crippen LogP) is 6.71.